The molecule has 0 heterocycles. The van der Waals surface area contributed by atoms with Crippen molar-refractivity contribution in [2.45, 2.75) is 25.4 Å². The molecule has 3 rings (SSSR count). The van der Waals surface area contributed by atoms with Crippen molar-refractivity contribution in [3.63, 3.8) is 0 Å². The molecule has 1 atom stereocenters. The largest absolute Gasteiger partial charge is 0.378 e. The molecular formula is C20H25N3O. The number of hydrogen-bond acceptors (Lipinski definition) is 2. The molecule has 0 aromatic heterocycles. The van der Waals surface area contributed by atoms with E-state index in [-0.39, 0.29) is 12.1 Å². The van der Waals surface area contributed by atoms with E-state index in [1.807, 2.05) is 44.4 Å². The van der Waals surface area contributed by atoms with Gasteiger partial charge in [0.1, 0.15) is 0 Å². The van der Waals surface area contributed by atoms with Gasteiger partial charge in [-0.1, -0.05) is 42.5 Å². The fraction of sp³-hybridized carbons (Fsp3) is 0.350. The van der Waals surface area contributed by atoms with E-state index in [1.165, 1.54) is 18.4 Å². The van der Waals surface area contributed by atoms with E-state index in [1.54, 1.807) is 0 Å². The van der Waals surface area contributed by atoms with Gasteiger partial charge < -0.3 is 15.5 Å². The predicted molar refractivity (Wildman–Crippen MR) is 98.0 cm³/mol. The number of urea groups is 1. The molecule has 4 nitrogen and oxygen atoms in total. The Labute approximate surface area is 143 Å². The molecule has 0 bridgehead atoms. The highest BCUT2D eigenvalue weighted by molar-refractivity contribution is 5.74. The van der Waals surface area contributed by atoms with Crippen molar-refractivity contribution >= 4 is 11.7 Å². The second-order valence-electron chi connectivity index (χ2n) is 6.61. The number of amides is 2. The van der Waals surface area contributed by atoms with Crippen molar-refractivity contribution in [2.75, 3.05) is 19.0 Å². The molecule has 1 aliphatic carbocycles. The van der Waals surface area contributed by atoms with Crippen LogP contribution in [0.3, 0.4) is 0 Å². The van der Waals surface area contributed by atoms with Gasteiger partial charge in [-0.25, -0.2) is 4.79 Å². The van der Waals surface area contributed by atoms with Gasteiger partial charge in [-0.15, -0.1) is 0 Å². The van der Waals surface area contributed by atoms with Gasteiger partial charge in [0.05, 0.1) is 6.04 Å². The second kappa shape index (κ2) is 7.39. The van der Waals surface area contributed by atoms with Gasteiger partial charge in [-0.3, -0.25) is 0 Å². The summed E-state index contributed by atoms with van der Waals surface area (Å²) in [5.41, 5.74) is 3.44. The third-order valence-electron chi connectivity index (χ3n) is 4.44. The quantitative estimate of drug-likeness (QED) is 0.851. The Balaban J connectivity index is 1.54. The Morgan fingerprint density at radius 2 is 1.75 bits per heavy atom. The number of carbonyl (C=O) groups excluding carboxylic acids is 1. The van der Waals surface area contributed by atoms with Crippen LogP contribution in [-0.4, -0.2) is 20.1 Å². The lowest BCUT2D eigenvalue weighted by atomic mass is 10.0. The van der Waals surface area contributed by atoms with E-state index in [4.69, 9.17) is 0 Å². The Bertz CT molecular complexity index is 663. The van der Waals surface area contributed by atoms with E-state index in [9.17, 15) is 4.79 Å². The van der Waals surface area contributed by atoms with Crippen LogP contribution in [-0.2, 0) is 6.54 Å². The third-order valence-corrected chi connectivity index (χ3v) is 4.44. The molecule has 2 aromatic rings. The Morgan fingerprint density at radius 3 is 2.33 bits per heavy atom. The molecule has 126 valence electrons. The van der Waals surface area contributed by atoms with Crippen LogP contribution in [0, 0.1) is 5.92 Å². The van der Waals surface area contributed by atoms with Gasteiger partial charge in [0.25, 0.3) is 0 Å². The van der Waals surface area contributed by atoms with Crippen molar-refractivity contribution < 1.29 is 4.79 Å². The summed E-state index contributed by atoms with van der Waals surface area (Å²) in [7, 11) is 4.03. The first-order chi connectivity index (χ1) is 11.6. The number of benzene rings is 2. The fourth-order valence-electron chi connectivity index (χ4n) is 2.85. The summed E-state index contributed by atoms with van der Waals surface area (Å²) in [6, 6.07) is 18.5. The molecule has 24 heavy (non-hydrogen) atoms. The Kier molecular flexibility index (Phi) is 5.04. The third kappa shape index (κ3) is 4.28. The molecule has 1 fully saturated rings. The van der Waals surface area contributed by atoms with Crippen LogP contribution in [0.25, 0.3) is 0 Å². The lowest BCUT2D eigenvalue weighted by molar-refractivity contribution is 0.235. The average Bonchev–Trinajstić information content (AvgIpc) is 3.44. The van der Waals surface area contributed by atoms with Crippen molar-refractivity contribution in [3.8, 4) is 0 Å². The molecular weight excluding hydrogens is 298 g/mol. The zero-order valence-electron chi connectivity index (χ0n) is 14.3. The first-order valence-electron chi connectivity index (χ1n) is 8.49. The minimum atomic E-state index is -0.104. The molecule has 0 saturated heterocycles. The summed E-state index contributed by atoms with van der Waals surface area (Å²) in [4.78, 5) is 14.3. The molecule has 2 amide bonds. The van der Waals surface area contributed by atoms with Crippen LogP contribution in [0.15, 0.2) is 54.6 Å². The highest BCUT2D eigenvalue weighted by atomic mass is 16.2. The number of nitrogens with zero attached hydrogens (tertiary/aromatic N) is 1. The molecule has 0 aliphatic heterocycles. The summed E-state index contributed by atoms with van der Waals surface area (Å²) >= 11 is 0. The van der Waals surface area contributed by atoms with E-state index in [0.29, 0.717) is 12.5 Å². The van der Waals surface area contributed by atoms with Gasteiger partial charge in [0.15, 0.2) is 0 Å². The second-order valence-corrected chi connectivity index (χ2v) is 6.61. The highest BCUT2D eigenvalue weighted by Gasteiger charge is 2.33. The molecule has 4 heteroatoms. The van der Waals surface area contributed by atoms with Crippen molar-refractivity contribution in [3.05, 3.63) is 65.7 Å². The van der Waals surface area contributed by atoms with Crippen LogP contribution in [0.1, 0.15) is 30.0 Å². The molecule has 0 radical (unpaired) electrons. The van der Waals surface area contributed by atoms with Gasteiger partial charge in [-0.2, -0.15) is 0 Å². The Morgan fingerprint density at radius 1 is 1.08 bits per heavy atom. The summed E-state index contributed by atoms with van der Waals surface area (Å²) < 4.78 is 0. The zero-order chi connectivity index (χ0) is 16.9. The van der Waals surface area contributed by atoms with Crippen molar-refractivity contribution in [2.24, 2.45) is 5.92 Å². The minimum absolute atomic E-state index is 0.104. The van der Waals surface area contributed by atoms with Crippen LogP contribution in [0.2, 0.25) is 0 Å². The number of nitrogens with one attached hydrogen (secondary N) is 2. The summed E-state index contributed by atoms with van der Waals surface area (Å²) in [5.74, 6) is 0.567. The monoisotopic (exact) mass is 323 g/mol. The summed E-state index contributed by atoms with van der Waals surface area (Å²) in [6.07, 6.45) is 2.37. The summed E-state index contributed by atoms with van der Waals surface area (Å²) in [6.45, 7) is 0.533. The number of hydrogen-bond donors (Lipinski definition) is 2. The fourth-order valence-corrected chi connectivity index (χ4v) is 2.85. The zero-order valence-corrected chi connectivity index (χ0v) is 14.3. The molecule has 0 spiro atoms. The standard InChI is InChI=1S/C20H25N3O/c1-23(2)18-12-8-15(9-13-18)14-21-20(24)22-19(17-10-11-17)16-6-4-3-5-7-16/h3-9,12-13,17,19H,10-11,14H2,1-2H3,(H2,21,22,24). The van der Waals surface area contributed by atoms with Crippen LogP contribution >= 0.6 is 0 Å². The SMILES string of the molecule is CN(C)c1ccc(CNC(=O)NC(c2ccccc2)C2CC2)cc1. The van der Waals surface area contributed by atoms with E-state index < -0.39 is 0 Å². The molecule has 1 unspecified atom stereocenters. The summed E-state index contributed by atoms with van der Waals surface area (Å²) in [5, 5.41) is 6.10. The van der Waals surface area contributed by atoms with Gasteiger partial charge in [0.2, 0.25) is 0 Å². The minimum Gasteiger partial charge on any atom is -0.378 e. The maximum atomic E-state index is 12.3. The first-order valence-corrected chi connectivity index (χ1v) is 8.49. The lowest BCUT2D eigenvalue weighted by Crippen LogP contribution is -2.38. The Hall–Kier alpha value is -2.49. The maximum Gasteiger partial charge on any atom is 0.315 e. The molecule has 1 saturated carbocycles. The first kappa shape index (κ1) is 16.4. The molecule has 1 aliphatic rings. The molecule has 2 aromatic carbocycles. The number of anilines is 1. The smallest absolute Gasteiger partial charge is 0.315 e. The van der Waals surface area contributed by atoms with Gasteiger partial charge in [-0.05, 0) is 42.0 Å². The normalized spacial score (nSPS) is 14.8. The van der Waals surface area contributed by atoms with Gasteiger partial charge in [0, 0.05) is 26.3 Å². The van der Waals surface area contributed by atoms with Crippen LogP contribution in [0.5, 0.6) is 0 Å². The maximum absolute atomic E-state index is 12.3. The van der Waals surface area contributed by atoms with E-state index in [2.05, 4.69) is 39.8 Å². The van der Waals surface area contributed by atoms with Crippen molar-refractivity contribution in [1.29, 1.82) is 0 Å². The van der Waals surface area contributed by atoms with E-state index in [0.717, 1.165) is 11.3 Å². The molecule has 2 N–H and O–H groups in total. The van der Waals surface area contributed by atoms with Crippen LogP contribution < -0.4 is 15.5 Å². The topological polar surface area (TPSA) is 44.4 Å². The highest BCUT2D eigenvalue weighted by Crippen LogP contribution is 2.40. The average molecular weight is 323 g/mol. The number of rotatable bonds is 6. The van der Waals surface area contributed by atoms with Gasteiger partial charge >= 0.3 is 6.03 Å². The predicted octanol–water partition coefficient (Wildman–Crippen LogP) is 3.70. The number of carbonyl (C=O) groups is 1. The van der Waals surface area contributed by atoms with E-state index >= 15 is 0 Å². The van der Waals surface area contributed by atoms with Crippen LogP contribution in [0.4, 0.5) is 10.5 Å². The van der Waals surface area contributed by atoms with Crippen molar-refractivity contribution in [1.82, 2.24) is 10.6 Å². The lowest BCUT2D eigenvalue weighted by Gasteiger charge is -2.19.